The largest absolute Gasteiger partial charge is 0.384 e. The van der Waals surface area contributed by atoms with Crippen LogP contribution in [0.25, 0.3) is 0 Å². The van der Waals surface area contributed by atoms with Gasteiger partial charge in [-0.25, -0.2) is 4.98 Å². The molecule has 1 heterocycles. The van der Waals surface area contributed by atoms with E-state index in [0.717, 1.165) is 26.1 Å². The van der Waals surface area contributed by atoms with Gasteiger partial charge in [0.15, 0.2) is 0 Å². The van der Waals surface area contributed by atoms with E-state index in [1.54, 1.807) is 11.3 Å². The molecule has 2 N–H and O–H groups in total. The van der Waals surface area contributed by atoms with Gasteiger partial charge in [-0.1, -0.05) is 25.1 Å². The van der Waals surface area contributed by atoms with Crippen molar-refractivity contribution in [1.29, 1.82) is 0 Å². The van der Waals surface area contributed by atoms with Gasteiger partial charge < -0.3 is 10.6 Å². The maximum Gasteiger partial charge on any atom is 0.107 e. The molecule has 0 aliphatic carbocycles. The van der Waals surface area contributed by atoms with E-state index < -0.39 is 0 Å². The summed E-state index contributed by atoms with van der Waals surface area (Å²) in [4.78, 5) is 5.73. The third-order valence-corrected chi connectivity index (χ3v) is 3.77. The zero-order chi connectivity index (χ0) is 12.6. The lowest BCUT2D eigenvalue weighted by Gasteiger charge is -2.06. The highest BCUT2D eigenvalue weighted by atomic mass is 32.1. The van der Waals surface area contributed by atoms with Gasteiger partial charge >= 0.3 is 0 Å². The Morgan fingerprint density at radius 1 is 1.17 bits per heavy atom. The van der Waals surface area contributed by atoms with Crippen molar-refractivity contribution < 1.29 is 0 Å². The number of rotatable bonds is 7. The second kappa shape index (κ2) is 7.13. The monoisotopic (exact) mass is 261 g/mol. The SMILES string of the molecule is CCc1cnc(CNCCNc2ccccc2)s1. The summed E-state index contributed by atoms with van der Waals surface area (Å²) < 4.78 is 0. The topological polar surface area (TPSA) is 37.0 Å². The molecule has 1 aromatic carbocycles. The van der Waals surface area contributed by atoms with Crippen LogP contribution >= 0.6 is 11.3 Å². The second-order valence-corrected chi connectivity index (χ2v) is 5.24. The van der Waals surface area contributed by atoms with Gasteiger partial charge in [-0.15, -0.1) is 11.3 Å². The number of nitrogens with zero attached hydrogens (tertiary/aromatic N) is 1. The Hall–Kier alpha value is -1.39. The lowest BCUT2D eigenvalue weighted by molar-refractivity contribution is 0.703. The molecule has 0 fully saturated rings. The van der Waals surface area contributed by atoms with Crippen molar-refractivity contribution in [3.63, 3.8) is 0 Å². The molecule has 0 aliphatic heterocycles. The molecule has 0 unspecified atom stereocenters. The van der Waals surface area contributed by atoms with E-state index in [2.05, 4.69) is 34.7 Å². The molecule has 18 heavy (non-hydrogen) atoms. The van der Waals surface area contributed by atoms with Crippen molar-refractivity contribution in [1.82, 2.24) is 10.3 Å². The summed E-state index contributed by atoms with van der Waals surface area (Å²) in [6, 6.07) is 10.3. The standard InChI is InChI=1S/C14H19N3S/c1-2-13-10-17-14(18-13)11-15-8-9-16-12-6-4-3-5-7-12/h3-7,10,15-16H,2,8-9,11H2,1H3. The van der Waals surface area contributed by atoms with Gasteiger partial charge in [0.25, 0.3) is 0 Å². The van der Waals surface area contributed by atoms with Crippen LogP contribution in [-0.4, -0.2) is 18.1 Å². The Morgan fingerprint density at radius 3 is 2.72 bits per heavy atom. The molecule has 0 saturated carbocycles. The summed E-state index contributed by atoms with van der Waals surface area (Å²) in [5, 5.41) is 7.94. The molecule has 3 nitrogen and oxygen atoms in total. The number of anilines is 1. The van der Waals surface area contributed by atoms with E-state index in [0.29, 0.717) is 0 Å². The van der Waals surface area contributed by atoms with Crippen LogP contribution in [0.3, 0.4) is 0 Å². The highest BCUT2D eigenvalue weighted by Crippen LogP contribution is 2.12. The van der Waals surface area contributed by atoms with Crippen molar-refractivity contribution in [3.8, 4) is 0 Å². The lowest BCUT2D eigenvalue weighted by atomic mass is 10.3. The van der Waals surface area contributed by atoms with Crippen molar-refractivity contribution in [3.05, 3.63) is 46.4 Å². The normalized spacial score (nSPS) is 10.5. The lowest BCUT2D eigenvalue weighted by Crippen LogP contribution is -2.21. The van der Waals surface area contributed by atoms with Crippen LogP contribution < -0.4 is 10.6 Å². The Balaban J connectivity index is 1.61. The van der Waals surface area contributed by atoms with Crippen LogP contribution in [-0.2, 0) is 13.0 Å². The van der Waals surface area contributed by atoms with Gasteiger partial charge in [0.1, 0.15) is 5.01 Å². The fourth-order valence-corrected chi connectivity index (χ4v) is 2.47. The third kappa shape index (κ3) is 4.13. The minimum Gasteiger partial charge on any atom is -0.384 e. The first kappa shape index (κ1) is 13.1. The van der Waals surface area contributed by atoms with Crippen LogP contribution in [0.4, 0.5) is 5.69 Å². The molecule has 96 valence electrons. The first-order valence-electron chi connectivity index (χ1n) is 6.31. The number of benzene rings is 1. The molecule has 0 atom stereocenters. The summed E-state index contributed by atoms with van der Waals surface area (Å²) in [5.41, 5.74) is 1.17. The van der Waals surface area contributed by atoms with Gasteiger partial charge in [0, 0.05) is 36.4 Å². The zero-order valence-electron chi connectivity index (χ0n) is 10.6. The average Bonchev–Trinajstić information content (AvgIpc) is 2.87. The first-order valence-corrected chi connectivity index (χ1v) is 7.13. The fraction of sp³-hybridized carbons (Fsp3) is 0.357. The fourth-order valence-electron chi connectivity index (χ4n) is 1.64. The van der Waals surface area contributed by atoms with Crippen LogP contribution in [0.5, 0.6) is 0 Å². The predicted octanol–water partition coefficient (Wildman–Crippen LogP) is 2.91. The molecule has 0 bridgehead atoms. The smallest absolute Gasteiger partial charge is 0.107 e. The predicted molar refractivity (Wildman–Crippen MR) is 78.1 cm³/mol. The van der Waals surface area contributed by atoms with Crippen LogP contribution in [0.15, 0.2) is 36.5 Å². The molecular formula is C14H19N3S. The van der Waals surface area contributed by atoms with Gasteiger partial charge in [0.2, 0.25) is 0 Å². The van der Waals surface area contributed by atoms with E-state index in [1.807, 2.05) is 24.4 Å². The summed E-state index contributed by atoms with van der Waals surface area (Å²) >= 11 is 1.79. The minimum atomic E-state index is 0.862. The van der Waals surface area contributed by atoms with Crippen molar-refractivity contribution in [2.75, 3.05) is 18.4 Å². The molecule has 2 aromatic rings. The number of nitrogens with one attached hydrogen (secondary N) is 2. The van der Waals surface area contributed by atoms with E-state index in [9.17, 15) is 0 Å². The summed E-state index contributed by atoms with van der Waals surface area (Å²) in [6.45, 7) is 4.89. The number of aromatic nitrogens is 1. The molecule has 0 aliphatic rings. The molecule has 0 radical (unpaired) electrons. The van der Waals surface area contributed by atoms with Crippen LogP contribution in [0.1, 0.15) is 16.8 Å². The quantitative estimate of drug-likeness (QED) is 0.753. The first-order chi connectivity index (χ1) is 8.88. The number of hydrogen-bond acceptors (Lipinski definition) is 4. The molecular weight excluding hydrogens is 242 g/mol. The highest BCUT2D eigenvalue weighted by Gasteiger charge is 1.99. The number of hydrogen-bond donors (Lipinski definition) is 2. The highest BCUT2D eigenvalue weighted by molar-refractivity contribution is 7.11. The van der Waals surface area contributed by atoms with E-state index >= 15 is 0 Å². The maximum atomic E-state index is 4.38. The summed E-state index contributed by atoms with van der Waals surface area (Å²) in [5.74, 6) is 0. The average molecular weight is 261 g/mol. The summed E-state index contributed by atoms with van der Waals surface area (Å²) in [7, 11) is 0. The van der Waals surface area contributed by atoms with Gasteiger partial charge in [-0.05, 0) is 18.6 Å². The Morgan fingerprint density at radius 2 is 2.00 bits per heavy atom. The molecule has 0 amide bonds. The van der Waals surface area contributed by atoms with E-state index in [1.165, 1.54) is 15.6 Å². The number of aryl methyl sites for hydroxylation is 1. The van der Waals surface area contributed by atoms with E-state index in [4.69, 9.17) is 0 Å². The molecule has 1 aromatic heterocycles. The Bertz CT molecular complexity index is 453. The van der Waals surface area contributed by atoms with Gasteiger partial charge in [-0.2, -0.15) is 0 Å². The minimum absolute atomic E-state index is 0.862. The maximum absolute atomic E-state index is 4.38. The molecule has 0 saturated heterocycles. The summed E-state index contributed by atoms with van der Waals surface area (Å²) in [6.07, 6.45) is 3.05. The van der Waals surface area contributed by atoms with Crippen molar-refractivity contribution in [2.24, 2.45) is 0 Å². The van der Waals surface area contributed by atoms with Crippen molar-refractivity contribution >= 4 is 17.0 Å². The van der Waals surface area contributed by atoms with Crippen molar-refractivity contribution in [2.45, 2.75) is 19.9 Å². The third-order valence-electron chi connectivity index (χ3n) is 2.63. The Labute approximate surface area is 112 Å². The molecule has 2 rings (SSSR count). The zero-order valence-corrected chi connectivity index (χ0v) is 11.5. The van der Waals surface area contributed by atoms with Gasteiger partial charge in [-0.3, -0.25) is 0 Å². The van der Waals surface area contributed by atoms with Gasteiger partial charge in [0.05, 0.1) is 0 Å². The molecule has 0 spiro atoms. The second-order valence-electron chi connectivity index (χ2n) is 4.04. The Kier molecular flexibility index (Phi) is 5.17. The van der Waals surface area contributed by atoms with E-state index in [-0.39, 0.29) is 0 Å². The number of thiazole rings is 1. The van der Waals surface area contributed by atoms with Crippen LogP contribution in [0, 0.1) is 0 Å². The number of para-hydroxylation sites is 1. The molecule has 4 heteroatoms. The van der Waals surface area contributed by atoms with Crippen LogP contribution in [0.2, 0.25) is 0 Å².